The molecule has 152 valence electrons. The number of hydrogen-bond acceptors (Lipinski definition) is 3. The normalized spacial score (nSPS) is 11.3. The molecule has 0 spiro atoms. The van der Waals surface area contributed by atoms with Crippen LogP contribution in [0, 0.1) is 0 Å². The first-order chi connectivity index (χ1) is 14.2. The molecule has 3 rings (SSSR count). The smallest absolute Gasteiger partial charge is 0.251 e. The third-order valence-electron chi connectivity index (χ3n) is 4.29. The van der Waals surface area contributed by atoms with Crippen LogP contribution in [0.25, 0.3) is 0 Å². The molecular formula is C22H27N5O2. The fourth-order valence-electron chi connectivity index (χ4n) is 2.83. The Bertz CT molecular complexity index is 901. The molecule has 2 heterocycles. The van der Waals surface area contributed by atoms with Gasteiger partial charge in [0.15, 0.2) is 5.96 Å². The molecule has 0 radical (unpaired) electrons. The van der Waals surface area contributed by atoms with Crippen LogP contribution >= 0.6 is 0 Å². The van der Waals surface area contributed by atoms with Crippen molar-refractivity contribution in [1.29, 1.82) is 0 Å². The molecule has 29 heavy (non-hydrogen) atoms. The van der Waals surface area contributed by atoms with Gasteiger partial charge in [0, 0.05) is 37.6 Å². The summed E-state index contributed by atoms with van der Waals surface area (Å²) < 4.78 is 7.35. The molecule has 0 aliphatic rings. The monoisotopic (exact) mass is 393 g/mol. The highest BCUT2D eigenvalue weighted by Gasteiger charge is 2.07. The molecule has 0 fully saturated rings. The lowest BCUT2D eigenvalue weighted by Crippen LogP contribution is -2.38. The second-order valence-electron chi connectivity index (χ2n) is 6.51. The van der Waals surface area contributed by atoms with Gasteiger partial charge in [-0.05, 0) is 48.9 Å². The molecular weight excluding hydrogens is 366 g/mol. The second kappa shape index (κ2) is 10.8. The minimum atomic E-state index is -0.135. The summed E-state index contributed by atoms with van der Waals surface area (Å²) in [4.78, 5) is 17.0. The summed E-state index contributed by atoms with van der Waals surface area (Å²) in [6.07, 6.45) is 5.66. The van der Waals surface area contributed by atoms with E-state index in [1.165, 1.54) is 0 Å². The average molecular weight is 393 g/mol. The molecule has 0 unspecified atom stereocenters. The first-order valence-corrected chi connectivity index (χ1v) is 9.77. The van der Waals surface area contributed by atoms with Crippen LogP contribution in [0.15, 0.2) is 76.6 Å². The number of nitrogens with zero attached hydrogens (tertiary/aromatic N) is 2. The lowest BCUT2D eigenvalue weighted by molar-refractivity contribution is 0.0948. The van der Waals surface area contributed by atoms with E-state index >= 15 is 0 Å². The summed E-state index contributed by atoms with van der Waals surface area (Å²) in [5.74, 6) is 1.34. The molecule has 1 aromatic carbocycles. The maximum Gasteiger partial charge on any atom is 0.251 e. The molecule has 0 atom stereocenters. The number of nitrogens with one attached hydrogen (secondary N) is 3. The van der Waals surface area contributed by atoms with E-state index < -0.39 is 0 Å². The van der Waals surface area contributed by atoms with Crippen molar-refractivity contribution in [2.75, 3.05) is 13.1 Å². The zero-order valence-corrected chi connectivity index (χ0v) is 16.6. The maximum atomic E-state index is 12.4. The Balaban J connectivity index is 1.54. The van der Waals surface area contributed by atoms with E-state index in [1.807, 2.05) is 55.7 Å². The van der Waals surface area contributed by atoms with Crippen molar-refractivity contribution >= 4 is 11.9 Å². The number of aliphatic imine (C=N–C) groups is 1. The van der Waals surface area contributed by atoms with Gasteiger partial charge in [-0.1, -0.05) is 12.1 Å². The summed E-state index contributed by atoms with van der Waals surface area (Å²) in [5.41, 5.74) is 1.58. The van der Waals surface area contributed by atoms with E-state index in [0.29, 0.717) is 18.7 Å². The number of benzene rings is 1. The van der Waals surface area contributed by atoms with Gasteiger partial charge in [-0.2, -0.15) is 0 Å². The summed E-state index contributed by atoms with van der Waals surface area (Å²) in [7, 11) is 0. The fraction of sp³-hybridized carbons (Fsp3) is 0.273. The molecule has 3 N–H and O–H groups in total. The summed E-state index contributed by atoms with van der Waals surface area (Å²) in [6, 6.07) is 15.2. The summed E-state index contributed by atoms with van der Waals surface area (Å²) >= 11 is 0. The van der Waals surface area contributed by atoms with Crippen molar-refractivity contribution in [2.45, 2.75) is 26.6 Å². The topological polar surface area (TPSA) is 83.6 Å². The molecule has 0 aliphatic heterocycles. The summed E-state index contributed by atoms with van der Waals surface area (Å²) in [6.45, 7) is 5.30. The van der Waals surface area contributed by atoms with Crippen molar-refractivity contribution in [1.82, 2.24) is 20.5 Å². The average Bonchev–Trinajstić information content (AvgIpc) is 3.44. The van der Waals surface area contributed by atoms with Gasteiger partial charge >= 0.3 is 0 Å². The molecule has 0 saturated heterocycles. The highest BCUT2D eigenvalue weighted by atomic mass is 16.3. The SMILES string of the molecule is CCNC(=NCc1cccc(C(=O)NCc2ccco2)c1)NCCn1cccc1. The third-order valence-corrected chi connectivity index (χ3v) is 4.29. The van der Waals surface area contributed by atoms with E-state index in [9.17, 15) is 4.79 Å². The van der Waals surface area contributed by atoms with Crippen LogP contribution in [0.2, 0.25) is 0 Å². The number of furan rings is 1. The lowest BCUT2D eigenvalue weighted by Gasteiger charge is -2.12. The second-order valence-corrected chi connectivity index (χ2v) is 6.51. The zero-order chi connectivity index (χ0) is 20.3. The van der Waals surface area contributed by atoms with Crippen molar-refractivity contribution in [2.24, 2.45) is 4.99 Å². The van der Waals surface area contributed by atoms with Gasteiger partial charge in [0.05, 0.1) is 19.4 Å². The predicted molar refractivity (Wildman–Crippen MR) is 114 cm³/mol. The van der Waals surface area contributed by atoms with Crippen LogP contribution < -0.4 is 16.0 Å². The molecule has 7 nitrogen and oxygen atoms in total. The van der Waals surface area contributed by atoms with Gasteiger partial charge in [-0.15, -0.1) is 0 Å². The molecule has 0 bridgehead atoms. The van der Waals surface area contributed by atoms with Crippen molar-refractivity contribution in [3.05, 3.63) is 84.1 Å². The molecule has 1 amide bonds. The quantitative estimate of drug-likeness (QED) is 0.386. The van der Waals surface area contributed by atoms with E-state index in [2.05, 4.69) is 25.5 Å². The van der Waals surface area contributed by atoms with Gasteiger partial charge in [-0.3, -0.25) is 4.79 Å². The van der Waals surface area contributed by atoms with E-state index in [4.69, 9.17) is 4.42 Å². The Morgan fingerprint density at radius 3 is 2.69 bits per heavy atom. The zero-order valence-electron chi connectivity index (χ0n) is 16.6. The Morgan fingerprint density at radius 1 is 1.07 bits per heavy atom. The van der Waals surface area contributed by atoms with Gasteiger partial charge in [0.2, 0.25) is 0 Å². The minimum absolute atomic E-state index is 0.135. The lowest BCUT2D eigenvalue weighted by atomic mass is 10.1. The largest absolute Gasteiger partial charge is 0.467 e. The van der Waals surface area contributed by atoms with Crippen LogP contribution in [0.1, 0.15) is 28.6 Å². The number of carbonyl (C=O) groups excluding carboxylic acids is 1. The number of hydrogen-bond donors (Lipinski definition) is 3. The number of aromatic nitrogens is 1. The highest BCUT2D eigenvalue weighted by Crippen LogP contribution is 2.08. The Kier molecular flexibility index (Phi) is 7.51. The van der Waals surface area contributed by atoms with Crippen LogP contribution in [-0.4, -0.2) is 29.5 Å². The standard InChI is InChI=1S/C22H27N5O2/c1-2-23-22(24-10-13-27-11-3-4-12-27)26-16-18-7-5-8-19(15-18)21(28)25-17-20-9-6-14-29-20/h3-9,11-12,14-15H,2,10,13,16-17H2,1H3,(H,25,28)(H2,23,24,26). The van der Waals surface area contributed by atoms with Gasteiger partial charge in [0.1, 0.15) is 5.76 Å². The predicted octanol–water partition coefficient (Wildman–Crippen LogP) is 2.77. The number of guanidine groups is 1. The maximum absolute atomic E-state index is 12.4. The van der Waals surface area contributed by atoms with Crippen LogP contribution in [-0.2, 0) is 19.6 Å². The van der Waals surface area contributed by atoms with Gasteiger partial charge < -0.3 is 24.9 Å². The highest BCUT2D eigenvalue weighted by molar-refractivity contribution is 5.94. The van der Waals surface area contributed by atoms with Crippen molar-refractivity contribution in [3.63, 3.8) is 0 Å². The first-order valence-electron chi connectivity index (χ1n) is 9.77. The Hall–Kier alpha value is -3.48. The number of rotatable bonds is 9. The minimum Gasteiger partial charge on any atom is -0.467 e. The number of amides is 1. The molecule has 3 aromatic rings. The van der Waals surface area contributed by atoms with Crippen molar-refractivity contribution in [3.8, 4) is 0 Å². The molecule has 2 aromatic heterocycles. The van der Waals surface area contributed by atoms with Crippen LogP contribution in [0.4, 0.5) is 0 Å². The fourth-order valence-corrected chi connectivity index (χ4v) is 2.83. The Labute approximate surface area is 170 Å². The van der Waals surface area contributed by atoms with E-state index in [1.54, 1.807) is 18.4 Å². The molecule has 0 saturated carbocycles. The van der Waals surface area contributed by atoms with E-state index in [-0.39, 0.29) is 5.91 Å². The van der Waals surface area contributed by atoms with Crippen LogP contribution in [0.5, 0.6) is 0 Å². The third kappa shape index (κ3) is 6.57. The van der Waals surface area contributed by atoms with Crippen LogP contribution in [0.3, 0.4) is 0 Å². The molecule has 7 heteroatoms. The van der Waals surface area contributed by atoms with Gasteiger partial charge in [0.25, 0.3) is 5.91 Å². The molecule has 0 aliphatic carbocycles. The first kappa shape index (κ1) is 20.3. The van der Waals surface area contributed by atoms with Gasteiger partial charge in [-0.25, -0.2) is 4.99 Å². The number of carbonyl (C=O) groups is 1. The Morgan fingerprint density at radius 2 is 1.93 bits per heavy atom. The summed E-state index contributed by atoms with van der Waals surface area (Å²) in [5, 5.41) is 9.44. The van der Waals surface area contributed by atoms with E-state index in [0.717, 1.165) is 36.9 Å². The van der Waals surface area contributed by atoms with Crippen molar-refractivity contribution < 1.29 is 9.21 Å².